The van der Waals surface area contributed by atoms with Crippen LogP contribution in [0.2, 0.25) is 0 Å². The molecule has 0 radical (unpaired) electrons. The molecule has 1 aliphatic heterocycles. The van der Waals surface area contributed by atoms with Crippen molar-refractivity contribution < 1.29 is 14.7 Å². The average molecular weight is 291 g/mol. The highest BCUT2D eigenvalue weighted by atomic mass is 16.4. The lowest BCUT2D eigenvalue weighted by molar-refractivity contribution is 0.0696. The van der Waals surface area contributed by atoms with E-state index in [4.69, 9.17) is 5.11 Å². The van der Waals surface area contributed by atoms with Crippen molar-refractivity contribution in [1.82, 2.24) is 15.1 Å². The van der Waals surface area contributed by atoms with Gasteiger partial charge in [0.15, 0.2) is 0 Å². The minimum absolute atomic E-state index is 0.0971. The van der Waals surface area contributed by atoms with Gasteiger partial charge in [0, 0.05) is 25.7 Å². The highest BCUT2D eigenvalue weighted by Crippen LogP contribution is 2.13. The van der Waals surface area contributed by atoms with Crippen LogP contribution in [0.1, 0.15) is 22.3 Å². The summed E-state index contributed by atoms with van der Waals surface area (Å²) in [6.07, 6.45) is 0.981. The summed E-state index contributed by atoms with van der Waals surface area (Å²) in [6.45, 7) is 1.82. The fourth-order valence-electron chi connectivity index (χ4n) is 2.45. The lowest BCUT2D eigenvalue weighted by Gasteiger charge is -2.20. The van der Waals surface area contributed by atoms with Gasteiger partial charge in [-0.1, -0.05) is 12.1 Å². The molecule has 6 nitrogen and oxygen atoms in total. The fraction of sp³-hybridized carbons (Fsp3) is 0.467. The second kappa shape index (κ2) is 6.58. The molecule has 114 valence electrons. The Bertz CT molecular complexity index is 531. The van der Waals surface area contributed by atoms with Gasteiger partial charge in [0.25, 0.3) is 0 Å². The first-order chi connectivity index (χ1) is 9.97. The van der Waals surface area contributed by atoms with E-state index in [-0.39, 0.29) is 11.6 Å². The molecular formula is C15H21N3O3. The average Bonchev–Trinajstić information content (AvgIpc) is 2.95. The maximum atomic E-state index is 12.1. The number of likely N-dealkylation sites (tertiary alicyclic amines) is 1. The normalized spacial score (nSPS) is 18.0. The van der Waals surface area contributed by atoms with Crippen LogP contribution < -0.4 is 5.32 Å². The fourth-order valence-corrected chi connectivity index (χ4v) is 2.45. The van der Waals surface area contributed by atoms with Crippen molar-refractivity contribution in [3.05, 3.63) is 35.4 Å². The first-order valence-electron chi connectivity index (χ1n) is 6.99. The summed E-state index contributed by atoms with van der Waals surface area (Å²) in [6, 6.07) is 6.92. The number of nitrogens with one attached hydrogen (secondary N) is 1. The van der Waals surface area contributed by atoms with E-state index < -0.39 is 5.97 Å². The Labute approximate surface area is 124 Å². The molecule has 1 unspecified atom stereocenters. The number of urea groups is 1. The topological polar surface area (TPSA) is 72.9 Å². The van der Waals surface area contributed by atoms with Crippen LogP contribution in [0.15, 0.2) is 24.3 Å². The SMILES string of the molecule is CN(C)C1CCN(C(=O)NCc2cccc(C(=O)O)c2)C1. The molecule has 0 aromatic heterocycles. The van der Waals surface area contributed by atoms with E-state index in [2.05, 4.69) is 10.2 Å². The third-order valence-electron chi connectivity index (χ3n) is 3.80. The largest absolute Gasteiger partial charge is 0.478 e. The van der Waals surface area contributed by atoms with Gasteiger partial charge in [-0.3, -0.25) is 0 Å². The van der Waals surface area contributed by atoms with Gasteiger partial charge >= 0.3 is 12.0 Å². The van der Waals surface area contributed by atoms with Gasteiger partial charge in [0.2, 0.25) is 0 Å². The number of hydrogen-bond donors (Lipinski definition) is 2. The van der Waals surface area contributed by atoms with Gasteiger partial charge in [-0.25, -0.2) is 9.59 Å². The lowest BCUT2D eigenvalue weighted by atomic mass is 10.1. The van der Waals surface area contributed by atoms with Crippen molar-refractivity contribution in [3.8, 4) is 0 Å². The van der Waals surface area contributed by atoms with Gasteiger partial charge in [-0.15, -0.1) is 0 Å². The monoisotopic (exact) mass is 291 g/mol. The molecule has 0 bridgehead atoms. The van der Waals surface area contributed by atoms with E-state index >= 15 is 0 Å². The smallest absolute Gasteiger partial charge is 0.335 e. The number of carbonyl (C=O) groups is 2. The zero-order valence-electron chi connectivity index (χ0n) is 12.4. The summed E-state index contributed by atoms with van der Waals surface area (Å²) in [5.74, 6) is -0.962. The van der Waals surface area contributed by atoms with Crippen molar-refractivity contribution in [2.45, 2.75) is 19.0 Å². The molecule has 1 fully saturated rings. The van der Waals surface area contributed by atoms with Gasteiger partial charge in [-0.05, 0) is 38.2 Å². The molecule has 1 aliphatic rings. The number of carbonyl (C=O) groups excluding carboxylic acids is 1. The molecule has 1 saturated heterocycles. The van der Waals surface area contributed by atoms with Crippen molar-refractivity contribution >= 4 is 12.0 Å². The Hall–Kier alpha value is -2.08. The number of likely N-dealkylation sites (N-methyl/N-ethyl adjacent to an activating group) is 1. The molecule has 1 aromatic rings. The Morgan fingerprint density at radius 1 is 1.43 bits per heavy atom. The molecule has 6 heteroatoms. The van der Waals surface area contributed by atoms with E-state index in [1.54, 1.807) is 23.1 Å². The van der Waals surface area contributed by atoms with E-state index in [1.165, 1.54) is 6.07 Å². The molecule has 0 aliphatic carbocycles. The number of nitrogens with zero attached hydrogens (tertiary/aromatic N) is 2. The van der Waals surface area contributed by atoms with Crippen molar-refractivity contribution in [3.63, 3.8) is 0 Å². The molecule has 0 spiro atoms. The Morgan fingerprint density at radius 2 is 2.19 bits per heavy atom. The first kappa shape index (κ1) is 15.3. The van der Waals surface area contributed by atoms with E-state index in [0.717, 1.165) is 25.1 Å². The van der Waals surface area contributed by atoms with Crippen LogP contribution in [-0.2, 0) is 6.54 Å². The predicted octanol–water partition coefficient (Wildman–Crippen LogP) is 1.23. The molecule has 2 N–H and O–H groups in total. The van der Waals surface area contributed by atoms with Crippen LogP contribution in [0.5, 0.6) is 0 Å². The van der Waals surface area contributed by atoms with Crippen LogP contribution in [0, 0.1) is 0 Å². The number of aromatic carboxylic acids is 1. The Kier molecular flexibility index (Phi) is 4.80. The number of hydrogen-bond acceptors (Lipinski definition) is 3. The highest BCUT2D eigenvalue weighted by Gasteiger charge is 2.27. The number of carboxylic acid groups (broad SMARTS) is 1. The number of benzene rings is 1. The molecular weight excluding hydrogens is 270 g/mol. The quantitative estimate of drug-likeness (QED) is 0.875. The minimum Gasteiger partial charge on any atom is -0.478 e. The molecule has 21 heavy (non-hydrogen) atoms. The first-order valence-corrected chi connectivity index (χ1v) is 6.99. The summed E-state index contributed by atoms with van der Waals surface area (Å²) in [5.41, 5.74) is 1.02. The molecule has 1 heterocycles. The van der Waals surface area contributed by atoms with Gasteiger partial charge in [0.1, 0.15) is 0 Å². The third kappa shape index (κ3) is 3.95. The van der Waals surface area contributed by atoms with E-state index in [9.17, 15) is 9.59 Å². The highest BCUT2D eigenvalue weighted by molar-refractivity contribution is 5.87. The zero-order valence-corrected chi connectivity index (χ0v) is 12.4. The number of carboxylic acids is 1. The maximum Gasteiger partial charge on any atom is 0.335 e. The number of amides is 2. The summed E-state index contributed by atoms with van der Waals surface area (Å²) >= 11 is 0. The second-order valence-corrected chi connectivity index (χ2v) is 5.52. The number of rotatable bonds is 4. The van der Waals surface area contributed by atoms with Crippen LogP contribution in [0.3, 0.4) is 0 Å². The summed E-state index contributed by atoms with van der Waals surface area (Å²) in [4.78, 5) is 26.9. The summed E-state index contributed by atoms with van der Waals surface area (Å²) < 4.78 is 0. The predicted molar refractivity (Wildman–Crippen MR) is 79.3 cm³/mol. The minimum atomic E-state index is -0.962. The van der Waals surface area contributed by atoms with Gasteiger partial charge in [-0.2, -0.15) is 0 Å². The van der Waals surface area contributed by atoms with Crippen LogP contribution in [0.25, 0.3) is 0 Å². The van der Waals surface area contributed by atoms with Crippen LogP contribution in [0.4, 0.5) is 4.79 Å². The standard InChI is InChI=1S/C15H21N3O3/c1-17(2)13-6-7-18(10-13)15(21)16-9-11-4-3-5-12(8-11)14(19)20/h3-5,8,13H,6-7,9-10H2,1-2H3,(H,16,21)(H,19,20). The van der Waals surface area contributed by atoms with Crippen molar-refractivity contribution in [2.24, 2.45) is 0 Å². The summed E-state index contributed by atoms with van der Waals surface area (Å²) in [5, 5.41) is 11.8. The molecule has 0 saturated carbocycles. The molecule has 1 aromatic carbocycles. The maximum absolute atomic E-state index is 12.1. The Balaban J connectivity index is 1.87. The van der Waals surface area contributed by atoms with Crippen LogP contribution in [-0.4, -0.2) is 60.1 Å². The van der Waals surface area contributed by atoms with Crippen molar-refractivity contribution in [2.75, 3.05) is 27.2 Å². The zero-order chi connectivity index (χ0) is 15.4. The van der Waals surface area contributed by atoms with Crippen molar-refractivity contribution in [1.29, 1.82) is 0 Å². The molecule has 2 rings (SSSR count). The van der Waals surface area contributed by atoms with Gasteiger partial charge in [0.05, 0.1) is 5.56 Å². The van der Waals surface area contributed by atoms with Crippen LogP contribution >= 0.6 is 0 Å². The third-order valence-corrected chi connectivity index (χ3v) is 3.80. The second-order valence-electron chi connectivity index (χ2n) is 5.52. The lowest BCUT2D eigenvalue weighted by Crippen LogP contribution is -2.40. The van der Waals surface area contributed by atoms with E-state index in [1.807, 2.05) is 14.1 Å². The van der Waals surface area contributed by atoms with Gasteiger partial charge < -0.3 is 20.2 Å². The van der Waals surface area contributed by atoms with E-state index in [0.29, 0.717) is 12.6 Å². The molecule has 2 amide bonds. The molecule has 1 atom stereocenters. The Morgan fingerprint density at radius 3 is 2.81 bits per heavy atom. The summed E-state index contributed by atoms with van der Waals surface area (Å²) in [7, 11) is 4.03.